The second kappa shape index (κ2) is 7.62. The van der Waals surface area contributed by atoms with E-state index in [0.29, 0.717) is 11.8 Å². The molecule has 1 N–H and O–H groups in total. The van der Waals surface area contributed by atoms with E-state index in [9.17, 15) is 4.79 Å². The average Bonchev–Trinajstić information content (AvgIpc) is 2.70. The van der Waals surface area contributed by atoms with Crippen LogP contribution in [0.1, 0.15) is 72.6 Å². The van der Waals surface area contributed by atoms with Crippen LogP contribution in [0, 0.1) is 17.8 Å². The molecule has 0 aromatic heterocycles. The summed E-state index contributed by atoms with van der Waals surface area (Å²) in [5, 5.41) is 3.60. The van der Waals surface area contributed by atoms with Crippen molar-refractivity contribution in [1.29, 1.82) is 0 Å². The Morgan fingerprint density at radius 3 is 2.48 bits per heavy atom. The third-order valence-electron chi connectivity index (χ3n) is 5.21. The second-order valence-electron chi connectivity index (χ2n) is 7.77. The number of hydrogen-bond acceptors (Lipinski definition) is 2. The monoisotopic (exact) mass is 294 g/mol. The first kappa shape index (κ1) is 16.8. The van der Waals surface area contributed by atoms with Crippen LogP contribution in [0.3, 0.4) is 0 Å². The molecule has 1 saturated carbocycles. The fraction of sp³-hybridized carbons (Fsp3) is 0.944. The van der Waals surface area contributed by atoms with Crippen molar-refractivity contribution in [2.24, 2.45) is 17.8 Å². The molecule has 1 amide bonds. The molecule has 0 spiro atoms. The smallest absolute Gasteiger partial charge is 0.241 e. The molecule has 2 rings (SSSR count). The van der Waals surface area contributed by atoms with E-state index in [2.05, 4.69) is 37.9 Å². The number of carbonyl (C=O) groups excluding carboxylic acids is 1. The first-order valence-corrected chi connectivity index (χ1v) is 9.07. The fourth-order valence-electron chi connectivity index (χ4n) is 3.91. The molecule has 2 fully saturated rings. The highest BCUT2D eigenvalue weighted by Crippen LogP contribution is 2.31. The second-order valence-corrected chi connectivity index (χ2v) is 7.77. The van der Waals surface area contributed by atoms with E-state index >= 15 is 0 Å². The van der Waals surface area contributed by atoms with Crippen molar-refractivity contribution in [2.75, 3.05) is 6.54 Å². The molecule has 2 aliphatic rings. The van der Waals surface area contributed by atoms with Gasteiger partial charge in [-0.15, -0.1) is 0 Å². The Kier molecular flexibility index (Phi) is 6.09. The van der Waals surface area contributed by atoms with Gasteiger partial charge in [0.25, 0.3) is 0 Å². The van der Waals surface area contributed by atoms with E-state index in [4.69, 9.17) is 0 Å². The molecule has 3 heteroatoms. The molecule has 1 aliphatic heterocycles. The molecule has 0 bridgehead atoms. The maximum atomic E-state index is 12.7. The van der Waals surface area contributed by atoms with Crippen LogP contribution in [0.2, 0.25) is 0 Å². The summed E-state index contributed by atoms with van der Waals surface area (Å²) in [6.07, 6.45) is 8.77. The van der Waals surface area contributed by atoms with Crippen LogP contribution in [-0.4, -0.2) is 29.6 Å². The van der Waals surface area contributed by atoms with Gasteiger partial charge in [0.1, 0.15) is 0 Å². The molecule has 2 unspecified atom stereocenters. The zero-order valence-corrected chi connectivity index (χ0v) is 14.4. The summed E-state index contributed by atoms with van der Waals surface area (Å²) in [4.78, 5) is 14.9. The lowest BCUT2D eigenvalue weighted by atomic mass is 9.82. The van der Waals surface area contributed by atoms with Gasteiger partial charge in [0.15, 0.2) is 0 Å². The molecule has 1 aliphatic carbocycles. The maximum absolute atomic E-state index is 12.7. The summed E-state index contributed by atoms with van der Waals surface area (Å²) < 4.78 is 0. The van der Waals surface area contributed by atoms with Crippen LogP contribution in [0.25, 0.3) is 0 Å². The van der Waals surface area contributed by atoms with Crippen molar-refractivity contribution >= 4 is 5.91 Å². The van der Waals surface area contributed by atoms with Gasteiger partial charge in [-0.1, -0.05) is 47.0 Å². The molecule has 21 heavy (non-hydrogen) atoms. The van der Waals surface area contributed by atoms with Crippen molar-refractivity contribution in [2.45, 2.75) is 84.8 Å². The maximum Gasteiger partial charge on any atom is 0.241 e. The molecule has 0 aromatic rings. The molecule has 1 heterocycles. The number of rotatable bonds is 6. The molecule has 0 radical (unpaired) electrons. The SMILES string of the molecule is CCCC1NC(CC(C)C)C(=O)N1CC1CCC(C)CC1. The van der Waals surface area contributed by atoms with Crippen LogP contribution < -0.4 is 5.32 Å². The van der Waals surface area contributed by atoms with Crippen molar-refractivity contribution in [3.05, 3.63) is 0 Å². The van der Waals surface area contributed by atoms with Crippen molar-refractivity contribution < 1.29 is 4.79 Å². The predicted octanol–water partition coefficient (Wildman–Crippen LogP) is 3.79. The van der Waals surface area contributed by atoms with E-state index in [1.807, 2.05) is 0 Å². The van der Waals surface area contributed by atoms with Gasteiger partial charge in [0, 0.05) is 6.54 Å². The Morgan fingerprint density at radius 2 is 1.90 bits per heavy atom. The zero-order chi connectivity index (χ0) is 15.4. The van der Waals surface area contributed by atoms with Crippen molar-refractivity contribution in [3.8, 4) is 0 Å². The highest BCUT2D eigenvalue weighted by Gasteiger charge is 2.39. The van der Waals surface area contributed by atoms with Gasteiger partial charge in [-0.3, -0.25) is 10.1 Å². The van der Waals surface area contributed by atoms with E-state index in [0.717, 1.165) is 37.6 Å². The van der Waals surface area contributed by atoms with Crippen LogP contribution in [0.4, 0.5) is 0 Å². The highest BCUT2D eigenvalue weighted by atomic mass is 16.2. The van der Waals surface area contributed by atoms with Gasteiger partial charge in [-0.05, 0) is 43.4 Å². The molecule has 1 saturated heterocycles. The zero-order valence-electron chi connectivity index (χ0n) is 14.4. The first-order valence-electron chi connectivity index (χ1n) is 9.07. The van der Waals surface area contributed by atoms with Gasteiger partial charge in [0.2, 0.25) is 5.91 Å². The highest BCUT2D eigenvalue weighted by molar-refractivity contribution is 5.84. The van der Waals surface area contributed by atoms with Gasteiger partial charge in [-0.2, -0.15) is 0 Å². The van der Waals surface area contributed by atoms with E-state index in [-0.39, 0.29) is 12.2 Å². The minimum absolute atomic E-state index is 0.0593. The van der Waals surface area contributed by atoms with Crippen molar-refractivity contribution in [1.82, 2.24) is 10.2 Å². The number of nitrogens with zero attached hydrogens (tertiary/aromatic N) is 1. The molecular weight excluding hydrogens is 260 g/mol. The first-order chi connectivity index (χ1) is 10.0. The van der Waals surface area contributed by atoms with Crippen molar-refractivity contribution in [3.63, 3.8) is 0 Å². The average molecular weight is 294 g/mol. The summed E-state index contributed by atoms with van der Waals surface area (Å²) >= 11 is 0. The lowest BCUT2D eigenvalue weighted by Crippen LogP contribution is -2.41. The van der Waals surface area contributed by atoms with Crippen LogP contribution in [-0.2, 0) is 4.79 Å². The summed E-state index contributed by atoms with van der Waals surface area (Å²) in [5.74, 6) is 2.54. The number of hydrogen-bond donors (Lipinski definition) is 1. The van der Waals surface area contributed by atoms with Gasteiger partial charge < -0.3 is 4.90 Å². The standard InChI is InChI=1S/C18H34N2O/c1-5-6-17-19-16(11-13(2)3)18(21)20(17)12-15-9-7-14(4)8-10-15/h13-17,19H,5-12H2,1-4H3. The Balaban J connectivity index is 1.95. The Bertz CT molecular complexity index is 334. The van der Waals surface area contributed by atoms with Crippen LogP contribution in [0.5, 0.6) is 0 Å². The van der Waals surface area contributed by atoms with Gasteiger partial charge >= 0.3 is 0 Å². The van der Waals surface area contributed by atoms with Gasteiger partial charge in [0.05, 0.1) is 12.2 Å². The topological polar surface area (TPSA) is 32.3 Å². The quantitative estimate of drug-likeness (QED) is 0.808. The van der Waals surface area contributed by atoms with E-state index < -0.39 is 0 Å². The summed E-state index contributed by atoms with van der Waals surface area (Å²) in [6.45, 7) is 9.96. The Morgan fingerprint density at radius 1 is 1.24 bits per heavy atom. The Labute approximate surface area is 130 Å². The van der Waals surface area contributed by atoms with Crippen LogP contribution in [0.15, 0.2) is 0 Å². The number of carbonyl (C=O) groups is 1. The largest absolute Gasteiger partial charge is 0.326 e. The van der Waals surface area contributed by atoms with Crippen LogP contribution >= 0.6 is 0 Å². The normalized spacial score (nSPS) is 34.0. The fourth-order valence-corrected chi connectivity index (χ4v) is 3.91. The Hall–Kier alpha value is -0.570. The summed E-state index contributed by atoms with van der Waals surface area (Å²) in [7, 11) is 0. The molecule has 3 nitrogen and oxygen atoms in total. The van der Waals surface area contributed by atoms with E-state index in [1.54, 1.807) is 0 Å². The predicted molar refractivity (Wildman–Crippen MR) is 87.9 cm³/mol. The molecule has 2 atom stereocenters. The molecular formula is C18H34N2O. The summed E-state index contributed by atoms with van der Waals surface area (Å²) in [6, 6.07) is 0.0593. The third kappa shape index (κ3) is 4.45. The number of nitrogens with one attached hydrogen (secondary N) is 1. The minimum atomic E-state index is 0.0593. The lowest BCUT2D eigenvalue weighted by molar-refractivity contribution is -0.131. The lowest BCUT2D eigenvalue weighted by Gasteiger charge is -2.32. The third-order valence-corrected chi connectivity index (χ3v) is 5.21. The molecule has 0 aromatic carbocycles. The number of amides is 1. The van der Waals surface area contributed by atoms with Gasteiger partial charge in [-0.25, -0.2) is 0 Å². The summed E-state index contributed by atoms with van der Waals surface area (Å²) in [5.41, 5.74) is 0. The minimum Gasteiger partial charge on any atom is -0.326 e. The van der Waals surface area contributed by atoms with E-state index in [1.165, 1.54) is 25.7 Å². The molecule has 122 valence electrons.